The van der Waals surface area contributed by atoms with Crippen LogP contribution in [0.15, 0.2) is 53.6 Å². The Morgan fingerprint density at radius 1 is 1.10 bits per heavy atom. The van der Waals surface area contributed by atoms with E-state index in [-0.39, 0.29) is 23.3 Å². The van der Waals surface area contributed by atoms with Gasteiger partial charge >= 0.3 is 5.97 Å². The number of carboxylic acids is 1. The van der Waals surface area contributed by atoms with Crippen molar-refractivity contribution in [1.29, 1.82) is 0 Å². The number of allylic oxidation sites excluding steroid dienone is 2. The monoisotopic (exact) mass is 269 g/mol. The number of likely N-dealkylation sites (N-methyl/N-ethyl adjacent to an activating group) is 1. The molecule has 20 heavy (non-hydrogen) atoms. The van der Waals surface area contributed by atoms with Crippen molar-refractivity contribution in [3.05, 3.63) is 53.6 Å². The minimum Gasteiger partial charge on any atom is -0.478 e. The molecule has 1 aromatic carbocycles. The zero-order valence-electron chi connectivity index (χ0n) is 11.1. The van der Waals surface area contributed by atoms with E-state index in [1.807, 2.05) is 42.5 Å². The van der Waals surface area contributed by atoms with Crippen LogP contribution in [-0.2, 0) is 9.59 Å². The van der Waals surface area contributed by atoms with Crippen molar-refractivity contribution in [3.63, 3.8) is 0 Å². The zero-order valence-corrected chi connectivity index (χ0v) is 11.1. The van der Waals surface area contributed by atoms with E-state index in [0.29, 0.717) is 12.0 Å². The van der Waals surface area contributed by atoms with Gasteiger partial charge in [-0.1, -0.05) is 30.4 Å². The number of fused-ring (bicyclic) bond motifs is 2. The Balaban J connectivity index is 1.96. The Labute approximate surface area is 117 Å². The first-order valence-corrected chi connectivity index (χ1v) is 6.58. The normalized spacial score (nSPS) is 23.2. The summed E-state index contributed by atoms with van der Waals surface area (Å²) < 4.78 is 0. The first-order valence-electron chi connectivity index (χ1n) is 6.58. The predicted molar refractivity (Wildman–Crippen MR) is 75.3 cm³/mol. The van der Waals surface area contributed by atoms with Gasteiger partial charge in [-0.25, -0.2) is 4.79 Å². The van der Waals surface area contributed by atoms with Crippen LogP contribution in [0.4, 0.5) is 5.69 Å². The molecule has 0 heterocycles. The van der Waals surface area contributed by atoms with Crippen molar-refractivity contribution >= 4 is 17.6 Å². The number of hydrogen-bond donors (Lipinski definition) is 1. The summed E-state index contributed by atoms with van der Waals surface area (Å²) >= 11 is 0. The topological polar surface area (TPSA) is 57.6 Å². The number of rotatable bonds is 3. The van der Waals surface area contributed by atoms with Crippen LogP contribution >= 0.6 is 0 Å². The van der Waals surface area contributed by atoms with Gasteiger partial charge < -0.3 is 10.0 Å². The maximum absolute atomic E-state index is 12.6. The van der Waals surface area contributed by atoms with Gasteiger partial charge in [-0.2, -0.15) is 0 Å². The highest BCUT2D eigenvalue weighted by Gasteiger charge is 2.42. The minimum absolute atomic E-state index is 0.0511. The summed E-state index contributed by atoms with van der Waals surface area (Å²) in [7, 11) is 1.68. The van der Waals surface area contributed by atoms with Crippen molar-refractivity contribution in [2.45, 2.75) is 6.42 Å². The van der Waals surface area contributed by atoms with Crippen LogP contribution in [0.25, 0.3) is 0 Å². The van der Waals surface area contributed by atoms with Crippen molar-refractivity contribution in [2.75, 3.05) is 11.9 Å². The lowest BCUT2D eigenvalue weighted by Gasteiger charge is -2.21. The van der Waals surface area contributed by atoms with E-state index >= 15 is 0 Å². The van der Waals surface area contributed by atoms with Gasteiger partial charge in [-0.05, 0) is 18.6 Å². The van der Waals surface area contributed by atoms with Crippen molar-refractivity contribution in [3.8, 4) is 0 Å². The second-order valence-corrected chi connectivity index (χ2v) is 5.17. The SMILES string of the molecule is CN(C(=O)C1=C(C(=O)O)C2C=CC1C2)c1ccccc1. The molecule has 0 aliphatic heterocycles. The average molecular weight is 269 g/mol. The molecule has 1 N–H and O–H groups in total. The van der Waals surface area contributed by atoms with Crippen LogP contribution in [0.5, 0.6) is 0 Å². The Bertz CT molecular complexity index is 630. The van der Waals surface area contributed by atoms with Gasteiger partial charge in [-0.3, -0.25) is 4.79 Å². The van der Waals surface area contributed by atoms with Crippen LogP contribution in [0, 0.1) is 11.8 Å². The number of benzene rings is 1. The summed E-state index contributed by atoms with van der Waals surface area (Å²) in [5.74, 6) is -1.36. The number of amides is 1. The lowest BCUT2D eigenvalue weighted by molar-refractivity contribution is -0.133. The van der Waals surface area contributed by atoms with Gasteiger partial charge in [0.25, 0.3) is 5.91 Å². The maximum Gasteiger partial charge on any atom is 0.332 e. The van der Waals surface area contributed by atoms with Gasteiger partial charge in [0.2, 0.25) is 0 Å². The smallest absolute Gasteiger partial charge is 0.332 e. The van der Waals surface area contributed by atoms with Gasteiger partial charge in [-0.15, -0.1) is 0 Å². The van der Waals surface area contributed by atoms with Gasteiger partial charge in [0.05, 0.1) is 5.57 Å². The molecule has 2 aliphatic carbocycles. The molecule has 0 saturated heterocycles. The third-order valence-electron chi connectivity index (χ3n) is 4.02. The zero-order chi connectivity index (χ0) is 14.3. The Hall–Kier alpha value is -2.36. The fraction of sp³-hybridized carbons (Fsp3) is 0.250. The highest BCUT2D eigenvalue weighted by molar-refractivity contribution is 6.11. The van der Waals surface area contributed by atoms with Crippen LogP contribution in [0.1, 0.15) is 6.42 Å². The van der Waals surface area contributed by atoms with E-state index < -0.39 is 5.97 Å². The number of carbonyl (C=O) groups excluding carboxylic acids is 1. The van der Waals surface area contributed by atoms with E-state index in [4.69, 9.17) is 0 Å². The van der Waals surface area contributed by atoms with Crippen molar-refractivity contribution in [2.24, 2.45) is 11.8 Å². The molecule has 0 radical (unpaired) electrons. The van der Waals surface area contributed by atoms with E-state index in [9.17, 15) is 14.7 Å². The summed E-state index contributed by atoms with van der Waals surface area (Å²) in [6.45, 7) is 0. The Kier molecular flexibility index (Phi) is 2.93. The number of aliphatic carboxylic acids is 1. The largest absolute Gasteiger partial charge is 0.478 e. The molecule has 1 amide bonds. The predicted octanol–water partition coefficient (Wildman–Crippen LogP) is 2.24. The number of carbonyl (C=O) groups is 2. The summed E-state index contributed by atoms with van der Waals surface area (Å²) in [6, 6.07) is 9.26. The highest BCUT2D eigenvalue weighted by atomic mass is 16.4. The fourth-order valence-electron chi connectivity index (χ4n) is 3.02. The number of hydrogen-bond acceptors (Lipinski definition) is 2. The second kappa shape index (κ2) is 4.63. The molecule has 1 aromatic rings. The Morgan fingerprint density at radius 3 is 2.30 bits per heavy atom. The van der Waals surface area contributed by atoms with E-state index in [2.05, 4.69) is 0 Å². The lowest BCUT2D eigenvalue weighted by atomic mass is 9.96. The number of carboxylic acid groups (broad SMARTS) is 1. The molecule has 3 rings (SSSR count). The molecule has 2 aliphatic rings. The molecule has 4 heteroatoms. The van der Waals surface area contributed by atoms with Crippen LogP contribution in [0.2, 0.25) is 0 Å². The number of nitrogens with zero attached hydrogens (tertiary/aromatic N) is 1. The van der Waals surface area contributed by atoms with Gasteiger partial charge in [0.15, 0.2) is 0 Å². The molecular formula is C16H15NO3. The summed E-state index contributed by atoms with van der Waals surface area (Å²) in [5.41, 5.74) is 1.48. The lowest BCUT2D eigenvalue weighted by Crippen LogP contribution is -2.31. The molecule has 2 unspecified atom stereocenters. The Morgan fingerprint density at radius 2 is 1.70 bits per heavy atom. The quantitative estimate of drug-likeness (QED) is 0.856. The third-order valence-corrected chi connectivity index (χ3v) is 4.02. The van der Waals surface area contributed by atoms with Crippen LogP contribution < -0.4 is 4.90 Å². The van der Waals surface area contributed by atoms with Crippen LogP contribution in [-0.4, -0.2) is 24.0 Å². The average Bonchev–Trinajstić information content (AvgIpc) is 3.07. The van der Waals surface area contributed by atoms with E-state index in [1.165, 1.54) is 4.90 Å². The number of para-hydroxylation sites is 1. The molecule has 2 bridgehead atoms. The summed E-state index contributed by atoms with van der Waals surface area (Å²) in [5, 5.41) is 9.34. The maximum atomic E-state index is 12.6. The summed E-state index contributed by atoms with van der Waals surface area (Å²) in [6.07, 6.45) is 4.56. The molecule has 4 nitrogen and oxygen atoms in total. The van der Waals surface area contributed by atoms with Crippen LogP contribution in [0.3, 0.4) is 0 Å². The first kappa shape index (κ1) is 12.7. The van der Waals surface area contributed by atoms with Crippen molar-refractivity contribution < 1.29 is 14.7 Å². The first-order chi connectivity index (χ1) is 9.59. The van der Waals surface area contributed by atoms with Crippen molar-refractivity contribution in [1.82, 2.24) is 0 Å². The molecule has 2 atom stereocenters. The number of anilines is 1. The molecule has 0 aromatic heterocycles. The molecular weight excluding hydrogens is 254 g/mol. The minimum atomic E-state index is -0.980. The molecule has 0 fully saturated rings. The fourth-order valence-corrected chi connectivity index (χ4v) is 3.02. The third kappa shape index (κ3) is 1.84. The summed E-state index contributed by atoms with van der Waals surface area (Å²) in [4.78, 5) is 25.5. The molecule has 0 saturated carbocycles. The van der Waals surface area contributed by atoms with Gasteiger partial charge in [0, 0.05) is 30.1 Å². The highest BCUT2D eigenvalue weighted by Crippen LogP contribution is 2.44. The molecule has 102 valence electrons. The second-order valence-electron chi connectivity index (χ2n) is 5.17. The molecule has 0 spiro atoms. The standard InChI is InChI=1S/C16H15NO3/c1-17(12-5-3-2-4-6-12)15(18)13-10-7-8-11(9-10)14(13)16(19)20/h2-8,10-11H,9H2,1H3,(H,19,20). The van der Waals surface area contributed by atoms with Gasteiger partial charge in [0.1, 0.15) is 0 Å². The van der Waals surface area contributed by atoms with E-state index in [0.717, 1.165) is 5.69 Å². The van der Waals surface area contributed by atoms with E-state index in [1.54, 1.807) is 7.05 Å².